The van der Waals surface area contributed by atoms with Gasteiger partial charge in [0.25, 0.3) is 0 Å². The number of thiophene rings is 1. The van der Waals surface area contributed by atoms with Gasteiger partial charge in [-0.2, -0.15) is 5.26 Å². The van der Waals surface area contributed by atoms with Gasteiger partial charge in [0, 0.05) is 19.1 Å². The van der Waals surface area contributed by atoms with Gasteiger partial charge in [-0.15, -0.1) is 11.3 Å². The summed E-state index contributed by atoms with van der Waals surface area (Å²) in [6, 6.07) is 4.55. The number of nitriles is 1. The largest absolute Gasteiger partial charge is 0.315 e. The van der Waals surface area contributed by atoms with Crippen molar-refractivity contribution in [3.8, 4) is 6.07 Å². The zero-order valence-corrected chi connectivity index (χ0v) is 14.3. The highest BCUT2D eigenvalue weighted by Gasteiger charge is 2.26. The van der Waals surface area contributed by atoms with Crippen LogP contribution in [0.5, 0.6) is 0 Å². The third-order valence-electron chi connectivity index (χ3n) is 4.87. The number of nitrogens with one attached hydrogen (secondary N) is 1. The number of nitrogens with zero attached hydrogens (tertiary/aromatic N) is 3. The smallest absolute Gasteiger partial charge is 0.239 e. The summed E-state index contributed by atoms with van der Waals surface area (Å²) in [6.07, 6.45) is 6.38. The molecule has 0 radical (unpaired) electrons. The Hall–Kier alpha value is -1.42. The number of hydrogen-bond acceptors (Lipinski definition) is 5. The van der Waals surface area contributed by atoms with Crippen molar-refractivity contribution in [2.75, 3.05) is 38.0 Å². The lowest BCUT2D eigenvalue weighted by molar-refractivity contribution is -0.117. The van der Waals surface area contributed by atoms with Crippen LogP contribution in [0.4, 0.5) is 5.00 Å². The first-order valence-corrected chi connectivity index (χ1v) is 9.38. The summed E-state index contributed by atoms with van der Waals surface area (Å²) in [5.41, 5.74) is 0.548. The average molecular weight is 332 g/mol. The van der Waals surface area contributed by atoms with E-state index in [1.165, 1.54) is 43.7 Å². The minimum Gasteiger partial charge on any atom is -0.315 e. The monoisotopic (exact) mass is 332 g/mol. The number of likely N-dealkylation sites (tertiary alicyclic amines) is 2. The number of carbonyl (C=O) groups is 1. The van der Waals surface area contributed by atoms with Gasteiger partial charge in [0.1, 0.15) is 11.1 Å². The predicted molar refractivity (Wildman–Crippen MR) is 92.5 cm³/mol. The summed E-state index contributed by atoms with van der Waals surface area (Å²) < 4.78 is 0. The molecule has 5 nitrogen and oxygen atoms in total. The van der Waals surface area contributed by atoms with Crippen LogP contribution in [0.1, 0.15) is 37.7 Å². The molecule has 2 aliphatic rings. The van der Waals surface area contributed by atoms with Gasteiger partial charge >= 0.3 is 0 Å². The van der Waals surface area contributed by atoms with E-state index in [4.69, 9.17) is 5.26 Å². The fourth-order valence-electron chi connectivity index (χ4n) is 3.59. The molecule has 1 aromatic rings. The number of hydrogen-bond donors (Lipinski definition) is 1. The third kappa shape index (κ3) is 4.31. The number of anilines is 1. The summed E-state index contributed by atoms with van der Waals surface area (Å²) in [7, 11) is 0. The molecule has 23 heavy (non-hydrogen) atoms. The van der Waals surface area contributed by atoms with Crippen LogP contribution >= 0.6 is 11.3 Å². The Morgan fingerprint density at radius 1 is 1.26 bits per heavy atom. The molecule has 2 saturated heterocycles. The zero-order chi connectivity index (χ0) is 16.1. The van der Waals surface area contributed by atoms with Gasteiger partial charge in [0.15, 0.2) is 0 Å². The van der Waals surface area contributed by atoms with Gasteiger partial charge in [0.2, 0.25) is 5.91 Å². The molecule has 0 aromatic carbocycles. The third-order valence-corrected chi connectivity index (χ3v) is 5.70. The normalized spacial score (nSPS) is 21.0. The maximum atomic E-state index is 12.2. The molecule has 0 bridgehead atoms. The molecule has 1 aromatic heterocycles. The molecular formula is C17H24N4OS. The van der Waals surface area contributed by atoms with E-state index in [2.05, 4.69) is 21.2 Å². The molecule has 6 heteroatoms. The first-order chi connectivity index (χ1) is 11.3. The molecule has 1 amide bonds. The van der Waals surface area contributed by atoms with Gasteiger partial charge in [-0.1, -0.05) is 6.42 Å². The van der Waals surface area contributed by atoms with Crippen molar-refractivity contribution in [3.63, 3.8) is 0 Å². The zero-order valence-electron chi connectivity index (χ0n) is 13.5. The summed E-state index contributed by atoms with van der Waals surface area (Å²) in [6.45, 7) is 4.91. The Bertz CT molecular complexity index is 565. The van der Waals surface area contributed by atoms with Crippen molar-refractivity contribution in [1.29, 1.82) is 5.26 Å². The van der Waals surface area contributed by atoms with Crippen molar-refractivity contribution >= 4 is 22.2 Å². The van der Waals surface area contributed by atoms with E-state index in [0.29, 0.717) is 23.2 Å². The van der Waals surface area contributed by atoms with Crippen molar-refractivity contribution in [1.82, 2.24) is 9.80 Å². The van der Waals surface area contributed by atoms with E-state index in [1.807, 2.05) is 5.38 Å². The quantitative estimate of drug-likeness (QED) is 0.920. The summed E-state index contributed by atoms with van der Waals surface area (Å²) in [5, 5.41) is 14.4. The van der Waals surface area contributed by atoms with Crippen LogP contribution in [0, 0.1) is 11.3 Å². The van der Waals surface area contributed by atoms with Gasteiger partial charge in [-0.05, 0) is 50.2 Å². The van der Waals surface area contributed by atoms with Crippen LogP contribution in [-0.2, 0) is 4.79 Å². The molecule has 0 unspecified atom stereocenters. The molecule has 1 N–H and O–H groups in total. The van der Waals surface area contributed by atoms with E-state index >= 15 is 0 Å². The second-order valence-electron chi connectivity index (χ2n) is 6.43. The van der Waals surface area contributed by atoms with Gasteiger partial charge in [-0.25, -0.2) is 0 Å². The first kappa shape index (κ1) is 16.4. The van der Waals surface area contributed by atoms with Crippen LogP contribution < -0.4 is 5.32 Å². The predicted octanol–water partition coefficient (Wildman–Crippen LogP) is 2.51. The Balaban J connectivity index is 1.43. The van der Waals surface area contributed by atoms with Crippen molar-refractivity contribution in [2.24, 2.45) is 0 Å². The maximum Gasteiger partial charge on any atom is 0.239 e. The molecule has 0 atom stereocenters. The van der Waals surface area contributed by atoms with Crippen LogP contribution in [-0.4, -0.2) is 54.5 Å². The minimum absolute atomic E-state index is 0.0135. The summed E-state index contributed by atoms with van der Waals surface area (Å²) in [4.78, 5) is 17.0. The Kier molecular flexibility index (Phi) is 5.65. The van der Waals surface area contributed by atoms with Crippen molar-refractivity contribution in [2.45, 2.75) is 38.1 Å². The van der Waals surface area contributed by atoms with Gasteiger partial charge in [0.05, 0.1) is 12.1 Å². The lowest BCUT2D eigenvalue weighted by atomic mass is 10.00. The van der Waals surface area contributed by atoms with Crippen LogP contribution in [0.3, 0.4) is 0 Å². The first-order valence-electron chi connectivity index (χ1n) is 8.50. The lowest BCUT2D eigenvalue weighted by Gasteiger charge is -2.40. The molecule has 0 saturated carbocycles. The van der Waals surface area contributed by atoms with Gasteiger partial charge in [-0.3, -0.25) is 9.69 Å². The fourth-order valence-corrected chi connectivity index (χ4v) is 4.34. The van der Waals surface area contributed by atoms with Crippen molar-refractivity contribution < 1.29 is 4.79 Å². The second-order valence-corrected chi connectivity index (χ2v) is 7.34. The molecule has 2 fully saturated rings. The molecule has 0 spiro atoms. The van der Waals surface area contributed by atoms with Crippen LogP contribution in [0.2, 0.25) is 0 Å². The van der Waals surface area contributed by atoms with E-state index in [0.717, 1.165) is 25.9 Å². The number of piperidine rings is 2. The molecule has 3 heterocycles. The SMILES string of the molecule is N#Cc1ccsc1NC(=O)CN1CCC(N2CCCCC2)CC1. The number of amides is 1. The highest BCUT2D eigenvalue weighted by Crippen LogP contribution is 2.23. The average Bonchev–Trinajstić information content (AvgIpc) is 3.03. The number of carbonyl (C=O) groups excluding carboxylic acids is 1. The molecule has 0 aliphatic carbocycles. The lowest BCUT2D eigenvalue weighted by Crippen LogP contribution is -2.48. The summed E-state index contributed by atoms with van der Waals surface area (Å²) in [5.74, 6) is -0.0135. The van der Waals surface area contributed by atoms with Crippen molar-refractivity contribution in [3.05, 3.63) is 17.0 Å². The molecule has 3 rings (SSSR count). The molecule has 124 valence electrons. The van der Waals surface area contributed by atoms with Crippen LogP contribution in [0.25, 0.3) is 0 Å². The molecular weight excluding hydrogens is 308 g/mol. The van der Waals surface area contributed by atoms with E-state index in [9.17, 15) is 4.79 Å². The fraction of sp³-hybridized carbons (Fsp3) is 0.647. The highest BCUT2D eigenvalue weighted by atomic mass is 32.1. The van der Waals surface area contributed by atoms with E-state index in [-0.39, 0.29) is 5.91 Å². The number of rotatable bonds is 4. The van der Waals surface area contributed by atoms with Gasteiger partial charge < -0.3 is 10.2 Å². The van der Waals surface area contributed by atoms with E-state index < -0.39 is 0 Å². The highest BCUT2D eigenvalue weighted by molar-refractivity contribution is 7.14. The maximum absolute atomic E-state index is 12.2. The molecule has 2 aliphatic heterocycles. The Morgan fingerprint density at radius 3 is 2.70 bits per heavy atom. The standard InChI is InChI=1S/C17H24N4OS/c18-12-14-6-11-23-17(14)19-16(22)13-20-9-4-15(5-10-20)21-7-2-1-3-8-21/h6,11,15H,1-5,7-10,13H2,(H,19,22). The topological polar surface area (TPSA) is 59.4 Å². The summed E-state index contributed by atoms with van der Waals surface area (Å²) >= 11 is 1.40. The minimum atomic E-state index is -0.0135. The second kappa shape index (κ2) is 7.91. The van der Waals surface area contributed by atoms with Crippen LogP contribution in [0.15, 0.2) is 11.4 Å². The van der Waals surface area contributed by atoms with E-state index in [1.54, 1.807) is 6.07 Å². The Labute approximate surface area is 141 Å². The Morgan fingerprint density at radius 2 is 2.00 bits per heavy atom.